The number of carbonyl (C=O) groups excluding carboxylic acids is 1. The Morgan fingerprint density at radius 2 is 1.73 bits per heavy atom. The van der Waals surface area contributed by atoms with Crippen molar-refractivity contribution >= 4 is 16.8 Å². The molecule has 2 aromatic rings. The molecule has 1 fully saturated rings. The molecule has 1 nitrogen and oxygen atoms in total. The summed E-state index contributed by atoms with van der Waals surface area (Å²) in [6, 6.07) is 16.5. The van der Waals surface area contributed by atoms with E-state index in [1.165, 1.54) is 68.1 Å². The van der Waals surface area contributed by atoms with Crippen LogP contribution < -0.4 is 0 Å². The largest absolute Gasteiger partial charge is 0.276 e. The van der Waals surface area contributed by atoms with E-state index < -0.39 is 0 Å². The number of hydrogen-bond donors (Lipinski definition) is 0. The van der Waals surface area contributed by atoms with Gasteiger partial charge < -0.3 is 0 Å². The molecule has 26 heavy (non-hydrogen) atoms. The number of benzene rings is 2. The van der Waals surface area contributed by atoms with Gasteiger partial charge in [0.25, 0.3) is 5.24 Å². The van der Waals surface area contributed by atoms with Gasteiger partial charge in [-0.05, 0) is 77.9 Å². The summed E-state index contributed by atoms with van der Waals surface area (Å²) in [7, 11) is 0. The summed E-state index contributed by atoms with van der Waals surface area (Å²) in [4.78, 5) is 11.7. The molecule has 0 radical (unpaired) electrons. The minimum atomic E-state index is -0.362. The predicted molar refractivity (Wildman–Crippen MR) is 111 cm³/mol. The van der Waals surface area contributed by atoms with Crippen molar-refractivity contribution in [3.05, 3.63) is 59.7 Å². The summed E-state index contributed by atoms with van der Waals surface area (Å²) in [5, 5.41) is -0.362. The molecule has 0 aromatic heterocycles. The Hall–Kier alpha value is -1.60. The van der Waals surface area contributed by atoms with Crippen molar-refractivity contribution in [2.45, 2.75) is 64.2 Å². The van der Waals surface area contributed by atoms with Gasteiger partial charge in [0.2, 0.25) is 0 Å². The molecule has 0 heterocycles. The van der Waals surface area contributed by atoms with Crippen LogP contribution >= 0.6 is 11.6 Å². The van der Waals surface area contributed by atoms with E-state index in [9.17, 15) is 4.79 Å². The average Bonchev–Trinajstić information content (AvgIpc) is 2.69. The number of halogens is 1. The normalized spacial score (nSPS) is 20.1. The molecule has 0 unspecified atom stereocenters. The first-order valence-corrected chi connectivity index (χ1v) is 10.5. The van der Waals surface area contributed by atoms with Crippen molar-refractivity contribution in [2.75, 3.05) is 0 Å². The summed E-state index contributed by atoms with van der Waals surface area (Å²) >= 11 is 5.77. The van der Waals surface area contributed by atoms with E-state index in [-0.39, 0.29) is 5.24 Å². The molecular weight excluding hydrogens is 340 g/mol. The second-order valence-electron chi connectivity index (χ2n) is 7.66. The first kappa shape index (κ1) is 19.2. The van der Waals surface area contributed by atoms with E-state index in [4.69, 9.17) is 11.6 Å². The van der Waals surface area contributed by atoms with E-state index in [2.05, 4.69) is 37.3 Å². The van der Waals surface area contributed by atoms with Crippen LogP contribution in [0, 0.1) is 5.92 Å². The summed E-state index contributed by atoms with van der Waals surface area (Å²) in [5.41, 5.74) is 4.39. The number of unbranched alkanes of at least 4 members (excludes halogenated alkanes) is 2. The molecule has 0 aliphatic heterocycles. The summed E-state index contributed by atoms with van der Waals surface area (Å²) in [5.74, 6) is 1.42. The Balaban J connectivity index is 1.80. The lowest BCUT2D eigenvalue weighted by Gasteiger charge is -2.30. The van der Waals surface area contributed by atoms with Crippen molar-refractivity contribution in [1.82, 2.24) is 0 Å². The second-order valence-corrected chi connectivity index (χ2v) is 8.00. The fraction of sp³-hybridized carbons (Fsp3) is 0.458. The third-order valence-electron chi connectivity index (χ3n) is 5.87. The van der Waals surface area contributed by atoms with Crippen molar-refractivity contribution < 1.29 is 4.79 Å². The van der Waals surface area contributed by atoms with Gasteiger partial charge in [0, 0.05) is 5.56 Å². The van der Waals surface area contributed by atoms with Gasteiger partial charge in [-0.15, -0.1) is 0 Å². The first-order chi connectivity index (χ1) is 12.7. The van der Waals surface area contributed by atoms with Gasteiger partial charge in [0.1, 0.15) is 0 Å². The van der Waals surface area contributed by atoms with Crippen molar-refractivity contribution in [2.24, 2.45) is 5.92 Å². The van der Waals surface area contributed by atoms with Gasteiger partial charge in [0.15, 0.2) is 0 Å². The van der Waals surface area contributed by atoms with E-state index >= 15 is 0 Å². The minimum Gasteiger partial charge on any atom is -0.276 e. The standard InChI is InChI=1S/C24H29ClO/c1-2-3-5-8-18-11-13-20(14-12-18)23-17-21(24(25)26)15-16-22(23)19-9-6-4-7-10-19/h4,6-7,9-10,15-18,20H,2-3,5,8,11-14H2,1H3. The molecule has 1 saturated carbocycles. The summed E-state index contributed by atoms with van der Waals surface area (Å²) in [6.45, 7) is 2.27. The Morgan fingerprint density at radius 1 is 1.00 bits per heavy atom. The average molecular weight is 369 g/mol. The van der Waals surface area contributed by atoms with E-state index in [0.29, 0.717) is 11.5 Å². The zero-order chi connectivity index (χ0) is 18.4. The van der Waals surface area contributed by atoms with E-state index in [0.717, 1.165) is 5.92 Å². The van der Waals surface area contributed by atoms with Crippen molar-refractivity contribution in [3.63, 3.8) is 0 Å². The molecule has 2 heteroatoms. The molecule has 0 bridgehead atoms. The number of rotatable bonds is 7. The highest BCUT2D eigenvalue weighted by Gasteiger charge is 2.25. The Kier molecular flexibility index (Phi) is 6.91. The first-order valence-electron chi connectivity index (χ1n) is 10.1. The molecule has 0 atom stereocenters. The maximum Gasteiger partial charge on any atom is 0.252 e. The highest BCUT2D eigenvalue weighted by atomic mass is 35.5. The zero-order valence-corrected chi connectivity index (χ0v) is 16.5. The monoisotopic (exact) mass is 368 g/mol. The van der Waals surface area contributed by atoms with Gasteiger partial charge in [-0.1, -0.05) is 69.0 Å². The van der Waals surface area contributed by atoms with Gasteiger partial charge in [-0.25, -0.2) is 0 Å². The van der Waals surface area contributed by atoms with Crippen LogP contribution in [0.1, 0.15) is 80.1 Å². The fourth-order valence-corrected chi connectivity index (χ4v) is 4.47. The van der Waals surface area contributed by atoms with Gasteiger partial charge >= 0.3 is 0 Å². The smallest absolute Gasteiger partial charge is 0.252 e. The Labute approximate surface area is 162 Å². The molecule has 1 aliphatic rings. The van der Waals surface area contributed by atoms with E-state index in [1.807, 2.05) is 18.2 Å². The van der Waals surface area contributed by atoms with Crippen LogP contribution in [0.5, 0.6) is 0 Å². The molecule has 0 spiro atoms. The van der Waals surface area contributed by atoms with E-state index in [1.54, 1.807) is 0 Å². The van der Waals surface area contributed by atoms with Gasteiger partial charge in [-0.2, -0.15) is 0 Å². The lowest BCUT2D eigenvalue weighted by molar-refractivity contribution is 0.108. The van der Waals surface area contributed by atoms with Crippen LogP contribution in [0.4, 0.5) is 0 Å². The molecule has 1 aliphatic carbocycles. The van der Waals surface area contributed by atoms with Crippen molar-refractivity contribution in [1.29, 1.82) is 0 Å². The van der Waals surface area contributed by atoms with Crippen molar-refractivity contribution in [3.8, 4) is 11.1 Å². The highest BCUT2D eigenvalue weighted by Crippen LogP contribution is 2.41. The lowest BCUT2D eigenvalue weighted by atomic mass is 9.75. The summed E-state index contributed by atoms with van der Waals surface area (Å²) in [6.07, 6.45) is 10.5. The number of carbonyl (C=O) groups is 1. The fourth-order valence-electron chi connectivity index (χ4n) is 4.35. The third-order valence-corrected chi connectivity index (χ3v) is 6.08. The van der Waals surface area contributed by atoms with Crippen LogP contribution in [0.25, 0.3) is 11.1 Å². The van der Waals surface area contributed by atoms with Crippen LogP contribution in [-0.2, 0) is 0 Å². The highest BCUT2D eigenvalue weighted by molar-refractivity contribution is 6.67. The maximum absolute atomic E-state index is 11.7. The minimum absolute atomic E-state index is 0.362. The number of hydrogen-bond acceptors (Lipinski definition) is 1. The molecule has 3 rings (SSSR count). The second kappa shape index (κ2) is 9.37. The molecule has 0 N–H and O–H groups in total. The Bertz CT molecular complexity index is 714. The quantitative estimate of drug-likeness (QED) is 0.363. The molecule has 138 valence electrons. The molecule has 0 amide bonds. The third kappa shape index (κ3) is 4.76. The predicted octanol–water partition coefficient (Wildman–Crippen LogP) is 7.59. The summed E-state index contributed by atoms with van der Waals surface area (Å²) < 4.78 is 0. The van der Waals surface area contributed by atoms with Crippen LogP contribution in [0.15, 0.2) is 48.5 Å². The van der Waals surface area contributed by atoms with Crippen LogP contribution in [-0.4, -0.2) is 5.24 Å². The Morgan fingerprint density at radius 3 is 2.38 bits per heavy atom. The topological polar surface area (TPSA) is 17.1 Å². The maximum atomic E-state index is 11.7. The van der Waals surface area contributed by atoms with Crippen LogP contribution in [0.2, 0.25) is 0 Å². The van der Waals surface area contributed by atoms with Crippen LogP contribution in [0.3, 0.4) is 0 Å². The lowest BCUT2D eigenvalue weighted by Crippen LogP contribution is -2.14. The van der Waals surface area contributed by atoms with Gasteiger partial charge in [-0.3, -0.25) is 4.79 Å². The molecule has 0 saturated heterocycles. The van der Waals surface area contributed by atoms with Gasteiger partial charge in [0.05, 0.1) is 0 Å². The molecular formula is C24H29ClO. The molecule has 2 aromatic carbocycles. The SMILES string of the molecule is CCCCCC1CCC(c2cc(C(=O)Cl)ccc2-c2ccccc2)CC1. The zero-order valence-electron chi connectivity index (χ0n) is 15.7.